The number of ether oxygens (including phenoxy) is 1. The number of carbonyl (C=O) groups excluding carboxylic acids is 2. The zero-order valence-electron chi connectivity index (χ0n) is 21.5. The van der Waals surface area contributed by atoms with Gasteiger partial charge in [0.15, 0.2) is 6.61 Å². The summed E-state index contributed by atoms with van der Waals surface area (Å²) in [6.45, 7) is 8.64. The highest BCUT2D eigenvalue weighted by Crippen LogP contribution is 2.21. The predicted octanol–water partition coefficient (Wildman–Crippen LogP) is 5.75. The van der Waals surface area contributed by atoms with Gasteiger partial charge in [-0.05, 0) is 60.2 Å². The number of benzene rings is 3. The third-order valence-electron chi connectivity index (χ3n) is 6.09. The van der Waals surface area contributed by atoms with Crippen LogP contribution < -0.4 is 10.1 Å². The van der Waals surface area contributed by atoms with Crippen LogP contribution in [-0.2, 0) is 22.6 Å². The van der Waals surface area contributed by atoms with Crippen LogP contribution in [0.5, 0.6) is 5.75 Å². The molecule has 0 aliphatic rings. The molecule has 1 N–H and O–H groups in total. The Balaban J connectivity index is 1.91. The fourth-order valence-electron chi connectivity index (χ4n) is 3.82. The van der Waals surface area contributed by atoms with E-state index in [0.29, 0.717) is 23.7 Å². The van der Waals surface area contributed by atoms with Gasteiger partial charge in [-0.15, -0.1) is 0 Å². The summed E-state index contributed by atoms with van der Waals surface area (Å²) in [6.07, 6.45) is 0.380. The third-order valence-corrected chi connectivity index (χ3v) is 6.46. The molecular formula is C30H35ClN2O3. The summed E-state index contributed by atoms with van der Waals surface area (Å²) >= 11 is 6.46. The topological polar surface area (TPSA) is 58.6 Å². The van der Waals surface area contributed by atoms with Gasteiger partial charge in [-0.25, -0.2) is 0 Å². The second-order valence-corrected chi connectivity index (χ2v) is 9.90. The first kappa shape index (κ1) is 27.3. The molecule has 0 aliphatic carbocycles. The summed E-state index contributed by atoms with van der Waals surface area (Å²) in [7, 11) is 0. The SMILES string of the molecule is Cc1ccc(OCC(=O)N(Cc2ccccc2Cl)[C@@H](Cc2ccccc2)C(=O)NCC(C)C)cc1C. The monoisotopic (exact) mass is 506 g/mol. The summed E-state index contributed by atoms with van der Waals surface area (Å²) in [5.74, 6) is 0.424. The number of rotatable bonds is 11. The van der Waals surface area contributed by atoms with E-state index in [0.717, 1.165) is 22.3 Å². The van der Waals surface area contributed by atoms with Gasteiger partial charge in [-0.3, -0.25) is 9.59 Å². The van der Waals surface area contributed by atoms with E-state index in [2.05, 4.69) is 5.32 Å². The van der Waals surface area contributed by atoms with Gasteiger partial charge >= 0.3 is 0 Å². The van der Waals surface area contributed by atoms with Crippen LogP contribution in [0, 0.1) is 19.8 Å². The molecule has 6 heteroatoms. The van der Waals surface area contributed by atoms with Crippen LogP contribution in [0.2, 0.25) is 5.02 Å². The number of nitrogens with zero attached hydrogens (tertiary/aromatic N) is 1. The van der Waals surface area contributed by atoms with E-state index < -0.39 is 6.04 Å². The van der Waals surface area contributed by atoms with Crippen LogP contribution in [0.15, 0.2) is 72.8 Å². The number of nitrogens with one attached hydrogen (secondary N) is 1. The molecule has 0 unspecified atom stereocenters. The van der Waals surface area contributed by atoms with E-state index in [4.69, 9.17) is 16.3 Å². The van der Waals surface area contributed by atoms with Gasteiger partial charge in [-0.1, -0.05) is 80.0 Å². The lowest BCUT2D eigenvalue weighted by molar-refractivity contribution is -0.142. The van der Waals surface area contributed by atoms with Gasteiger partial charge in [0, 0.05) is 24.5 Å². The highest BCUT2D eigenvalue weighted by atomic mass is 35.5. The first-order valence-electron chi connectivity index (χ1n) is 12.3. The van der Waals surface area contributed by atoms with E-state index in [1.165, 1.54) is 0 Å². The molecular weight excluding hydrogens is 472 g/mol. The van der Waals surface area contributed by atoms with Gasteiger partial charge in [0.2, 0.25) is 5.91 Å². The van der Waals surface area contributed by atoms with Crippen LogP contribution in [0.3, 0.4) is 0 Å². The molecule has 1 atom stereocenters. The molecule has 3 aromatic carbocycles. The largest absolute Gasteiger partial charge is 0.484 e. The number of aryl methyl sites for hydroxylation is 2. The minimum atomic E-state index is -0.724. The molecule has 0 aliphatic heterocycles. The average molecular weight is 507 g/mol. The lowest BCUT2D eigenvalue weighted by Gasteiger charge is -2.32. The minimum absolute atomic E-state index is 0.185. The molecule has 0 fully saturated rings. The molecule has 0 spiro atoms. The number of amides is 2. The van der Waals surface area contributed by atoms with Crippen LogP contribution in [0.4, 0.5) is 0 Å². The Morgan fingerprint density at radius 3 is 2.31 bits per heavy atom. The quantitative estimate of drug-likeness (QED) is 0.360. The summed E-state index contributed by atoms with van der Waals surface area (Å²) in [4.78, 5) is 28.7. The maximum absolute atomic E-state index is 13.6. The maximum Gasteiger partial charge on any atom is 0.261 e. The van der Waals surface area contributed by atoms with Crippen molar-refractivity contribution in [3.8, 4) is 5.75 Å². The van der Waals surface area contributed by atoms with Crippen LogP contribution in [0.1, 0.15) is 36.1 Å². The summed E-state index contributed by atoms with van der Waals surface area (Å²) in [6, 6.07) is 22.1. The molecule has 190 valence electrons. The second-order valence-electron chi connectivity index (χ2n) is 9.49. The Bertz CT molecular complexity index is 1160. The summed E-state index contributed by atoms with van der Waals surface area (Å²) in [5.41, 5.74) is 3.98. The van der Waals surface area contributed by atoms with Gasteiger partial charge < -0.3 is 15.0 Å². The van der Waals surface area contributed by atoms with E-state index in [-0.39, 0.29) is 30.9 Å². The van der Waals surface area contributed by atoms with E-state index in [1.807, 2.05) is 94.4 Å². The Hall–Kier alpha value is -3.31. The molecule has 3 aromatic rings. The fraction of sp³-hybridized carbons (Fsp3) is 0.333. The van der Waals surface area contributed by atoms with Crippen LogP contribution in [0.25, 0.3) is 0 Å². The second kappa shape index (κ2) is 13.1. The Labute approximate surface area is 219 Å². The molecule has 0 heterocycles. The molecule has 36 heavy (non-hydrogen) atoms. The van der Waals surface area contributed by atoms with E-state index in [1.54, 1.807) is 11.0 Å². The molecule has 3 rings (SSSR count). The molecule has 0 bridgehead atoms. The number of halogens is 1. The van der Waals surface area contributed by atoms with Crippen molar-refractivity contribution in [1.29, 1.82) is 0 Å². The van der Waals surface area contributed by atoms with Crippen molar-refractivity contribution in [2.24, 2.45) is 5.92 Å². The highest BCUT2D eigenvalue weighted by Gasteiger charge is 2.31. The van der Waals surface area contributed by atoms with Gasteiger partial charge in [0.05, 0.1) is 0 Å². The van der Waals surface area contributed by atoms with E-state index >= 15 is 0 Å². The average Bonchev–Trinajstić information content (AvgIpc) is 2.86. The molecule has 2 amide bonds. The summed E-state index contributed by atoms with van der Waals surface area (Å²) in [5, 5.41) is 3.57. The van der Waals surface area contributed by atoms with Gasteiger partial charge in [-0.2, -0.15) is 0 Å². The van der Waals surface area contributed by atoms with Crippen LogP contribution in [-0.4, -0.2) is 35.9 Å². The minimum Gasteiger partial charge on any atom is -0.484 e. The molecule has 0 aromatic heterocycles. The molecule has 0 saturated carbocycles. The predicted molar refractivity (Wildman–Crippen MR) is 145 cm³/mol. The number of carbonyl (C=O) groups is 2. The van der Waals surface area contributed by atoms with Crippen molar-refractivity contribution in [3.05, 3.63) is 100 Å². The number of hydrogen-bond donors (Lipinski definition) is 1. The van der Waals surface area contributed by atoms with Crippen molar-refractivity contribution in [3.63, 3.8) is 0 Å². The zero-order valence-corrected chi connectivity index (χ0v) is 22.2. The third kappa shape index (κ3) is 7.85. The zero-order chi connectivity index (χ0) is 26.1. The Morgan fingerprint density at radius 1 is 0.944 bits per heavy atom. The normalized spacial score (nSPS) is 11.7. The first-order valence-corrected chi connectivity index (χ1v) is 12.7. The molecule has 5 nitrogen and oxygen atoms in total. The van der Waals surface area contributed by atoms with Crippen LogP contribution >= 0.6 is 11.6 Å². The van der Waals surface area contributed by atoms with Crippen molar-refractivity contribution in [2.45, 2.75) is 46.7 Å². The lowest BCUT2D eigenvalue weighted by atomic mass is 10.0. The lowest BCUT2D eigenvalue weighted by Crippen LogP contribution is -2.52. The van der Waals surface area contributed by atoms with Crippen molar-refractivity contribution >= 4 is 23.4 Å². The van der Waals surface area contributed by atoms with Crippen molar-refractivity contribution < 1.29 is 14.3 Å². The Morgan fingerprint density at radius 2 is 1.64 bits per heavy atom. The summed E-state index contributed by atoms with van der Waals surface area (Å²) < 4.78 is 5.87. The maximum atomic E-state index is 13.6. The number of hydrogen-bond acceptors (Lipinski definition) is 3. The Kier molecular flexibility index (Phi) is 9.95. The smallest absolute Gasteiger partial charge is 0.261 e. The molecule has 0 saturated heterocycles. The van der Waals surface area contributed by atoms with Gasteiger partial charge in [0.1, 0.15) is 11.8 Å². The van der Waals surface area contributed by atoms with Gasteiger partial charge in [0.25, 0.3) is 5.91 Å². The fourth-order valence-corrected chi connectivity index (χ4v) is 4.01. The molecule has 0 radical (unpaired) electrons. The standard InChI is InChI=1S/C30H35ClN2O3/c1-21(2)18-32-30(35)28(17-24-10-6-5-7-11-24)33(19-25-12-8-9-13-27(25)31)29(34)20-36-26-15-14-22(3)23(4)16-26/h5-16,21,28H,17-20H2,1-4H3,(H,32,35)/t28-/m0/s1. The van der Waals surface area contributed by atoms with E-state index in [9.17, 15) is 9.59 Å². The van der Waals surface area contributed by atoms with Crippen molar-refractivity contribution in [2.75, 3.05) is 13.2 Å². The first-order chi connectivity index (χ1) is 17.2. The van der Waals surface area contributed by atoms with Crippen molar-refractivity contribution in [1.82, 2.24) is 10.2 Å². The highest BCUT2D eigenvalue weighted by molar-refractivity contribution is 6.31.